The van der Waals surface area contributed by atoms with E-state index in [-0.39, 0.29) is 34.3 Å². The zero-order valence-corrected chi connectivity index (χ0v) is 15.5. The van der Waals surface area contributed by atoms with Crippen LogP contribution < -0.4 is 16.6 Å². The normalized spacial score (nSPS) is 11.5. The Labute approximate surface area is 146 Å². The van der Waals surface area contributed by atoms with Crippen LogP contribution in [-0.4, -0.2) is 27.0 Å². The van der Waals surface area contributed by atoms with Crippen molar-refractivity contribution < 1.29 is 4.79 Å². The summed E-state index contributed by atoms with van der Waals surface area (Å²) in [5.74, 6) is 0.0267. The molecule has 0 radical (unpaired) electrons. The zero-order valence-electron chi connectivity index (χ0n) is 15.5. The van der Waals surface area contributed by atoms with Crippen molar-refractivity contribution in [2.45, 2.75) is 53.5 Å². The average Bonchev–Trinajstić information content (AvgIpc) is 2.55. The summed E-state index contributed by atoms with van der Waals surface area (Å²) >= 11 is 0. The number of amides is 1. The molecule has 1 amide bonds. The molecule has 0 saturated heterocycles. The third kappa shape index (κ3) is 3.97. The van der Waals surface area contributed by atoms with Crippen molar-refractivity contribution in [3.8, 4) is 0 Å². The van der Waals surface area contributed by atoms with Gasteiger partial charge in [0.25, 0.3) is 11.5 Å². The standard InChI is InChI=1S/C18H26N4O3/c1-6-7-22-15-14(17(24)21-18(22)25)12(8-13(20-15)11(4)5)16(23)19-9-10(2)3/h8,10-11H,6-7,9H2,1-5H3,(H,19,23)(H,21,24,25). The van der Waals surface area contributed by atoms with Gasteiger partial charge in [0.05, 0.1) is 10.9 Å². The highest BCUT2D eigenvalue weighted by Gasteiger charge is 2.20. The van der Waals surface area contributed by atoms with Crippen LogP contribution in [0.15, 0.2) is 15.7 Å². The molecule has 0 aliphatic carbocycles. The summed E-state index contributed by atoms with van der Waals surface area (Å²) in [6.45, 7) is 10.8. The largest absolute Gasteiger partial charge is 0.352 e. The van der Waals surface area contributed by atoms with Crippen LogP contribution in [0, 0.1) is 5.92 Å². The molecular weight excluding hydrogens is 320 g/mol. The number of nitrogens with zero attached hydrogens (tertiary/aromatic N) is 2. The molecule has 136 valence electrons. The molecule has 7 heteroatoms. The molecule has 25 heavy (non-hydrogen) atoms. The van der Waals surface area contributed by atoms with Crippen LogP contribution in [0.5, 0.6) is 0 Å². The van der Waals surface area contributed by atoms with Gasteiger partial charge in [-0.25, -0.2) is 9.78 Å². The van der Waals surface area contributed by atoms with Crippen LogP contribution in [0.4, 0.5) is 0 Å². The van der Waals surface area contributed by atoms with Crippen molar-refractivity contribution in [3.63, 3.8) is 0 Å². The minimum atomic E-state index is -0.579. The number of hydrogen-bond acceptors (Lipinski definition) is 4. The molecule has 2 aromatic heterocycles. The minimum Gasteiger partial charge on any atom is -0.352 e. The van der Waals surface area contributed by atoms with Crippen molar-refractivity contribution in [1.29, 1.82) is 0 Å². The monoisotopic (exact) mass is 346 g/mol. The first-order valence-corrected chi connectivity index (χ1v) is 8.72. The maximum absolute atomic E-state index is 12.7. The molecular formula is C18H26N4O3. The van der Waals surface area contributed by atoms with E-state index in [9.17, 15) is 14.4 Å². The number of carbonyl (C=O) groups is 1. The second-order valence-corrected chi connectivity index (χ2v) is 6.96. The van der Waals surface area contributed by atoms with Gasteiger partial charge >= 0.3 is 5.69 Å². The third-order valence-corrected chi connectivity index (χ3v) is 3.92. The smallest absolute Gasteiger partial charge is 0.329 e. The number of aromatic nitrogens is 3. The molecule has 2 heterocycles. The van der Waals surface area contributed by atoms with Gasteiger partial charge in [0.2, 0.25) is 0 Å². The van der Waals surface area contributed by atoms with E-state index in [1.54, 1.807) is 6.07 Å². The maximum atomic E-state index is 12.7. The Kier molecular flexibility index (Phi) is 5.77. The first-order valence-electron chi connectivity index (χ1n) is 8.72. The number of rotatable bonds is 6. The van der Waals surface area contributed by atoms with E-state index >= 15 is 0 Å². The highest BCUT2D eigenvalue weighted by Crippen LogP contribution is 2.19. The lowest BCUT2D eigenvalue weighted by molar-refractivity contribution is 0.0950. The molecule has 2 N–H and O–H groups in total. The fraction of sp³-hybridized carbons (Fsp3) is 0.556. The van der Waals surface area contributed by atoms with E-state index in [1.165, 1.54) is 4.57 Å². The molecule has 0 saturated carbocycles. The summed E-state index contributed by atoms with van der Waals surface area (Å²) in [6, 6.07) is 1.65. The van der Waals surface area contributed by atoms with E-state index in [0.717, 1.165) is 0 Å². The SMILES string of the molecule is CCCn1c(=O)[nH]c(=O)c2c(C(=O)NCC(C)C)cc(C(C)C)nc21. The van der Waals surface area contributed by atoms with Crippen molar-refractivity contribution >= 4 is 16.9 Å². The van der Waals surface area contributed by atoms with E-state index in [2.05, 4.69) is 15.3 Å². The van der Waals surface area contributed by atoms with Crippen LogP contribution in [0.1, 0.15) is 63.0 Å². The molecule has 0 aliphatic heterocycles. The van der Waals surface area contributed by atoms with Crippen LogP contribution in [0.2, 0.25) is 0 Å². The molecule has 0 fully saturated rings. The van der Waals surface area contributed by atoms with Crippen LogP contribution >= 0.6 is 0 Å². The fourth-order valence-corrected chi connectivity index (χ4v) is 2.59. The van der Waals surface area contributed by atoms with Gasteiger partial charge in [0, 0.05) is 18.8 Å². The Morgan fingerprint density at radius 1 is 1.28 bits per heavy atom. The van der Waals surface area contributed by atoms with E-state index in [4.69, 9.17) is 0 Å². The molecule has 2 aromatic rings. The average molecular weight is 346 g/mol. The van der Waals surface area contributed by atoms with Gasteiger partial charge < -0.3 is 5.32 Å². The highest BCUT2D eigenvalue weighted by atomic mass is 16.2. The third-order valence-electron chi connectivity index (χ3n) is 3.92. The summed E-state index contributed by atoms with van der Waals surface area (Å²) in [7, 11) is 0. The number of carbonyl (C=O) groups excluding carboxylic acids is 1. The second kappa shape index (κ2) is 7.63. The number of hydrogen-bond donors (Lipinski definition) is 2. The van der Waals surface area contributed by atoms with Gasteiger partial charge in [0.1, 0.15) is 0 Å². The number of fused-ring (bicyclic) bond motifs is 1. The number of H-pyrrole nitrogens is 1. The first kappa shape index (κ1) is 18.9. The molecule has 0 spiro atoms. The first-order chi connectivity index (χ1) is 11.8. The molecule has 0 aliphatic rings. The summed E-state index contributed by atoms with van der Waals surface area (Å²) in [5, 5.41) is 3.01. The maximum Gasteiger partial charge on any atom is 0.329 e. The van der Waals surface area contributed by atoms with E-state index < -0.39 is 11.2 Å². The summed E-state index contributed by atoms with van der Waals surface area (Å²) in [6.07, 6.45) is 0.712. The molecule has 0 unspecified atom stereocenters. The fourth-order valence-electron chi connectivity index (χ4n) is 2.59. The predicted octanol–water partition coefficient (Wildman–Crippen LogP) is 2.00. The summed E-state index contributed by atoms with van der Waals surface area (Å²) in [4.78, 5) is 44.1. The van der Waals surface area contributed by atoms with Crippen LogP contribution in [0.25, 0.3) is 11.0 Å². The van der Waals surface area contributed by atoms with E-state index in [0.29, 0.717) is 25.2 Å². The lowest BCUT2D eigenvalue weighted by Gasteiger charge is -2.15. The van der Waals surface area contributed by atoms with Crippen LogP contribution in [-0.2, 0) is 6.54 Å². The topological polar surface area (TPSA) is 96.9 Å². The lowest BCUT2D eigenvalue weighted by atomic mass is 10.0. The van der Waals surface area contributed by atoms with Gasteiger partial charge in [-0.2, -0.15) is 0 Å². The van der Waals surface area contributed by atoms with Gasteiger partial charge in [-0.1, -0.05) is 34.6 Å². The number of pyridine rings is 1. The summed E-state index contributed by atoms with van der Waals surface area (Å²) in [5.41, 5.74) is 0.139. The van der Waals surface area contributed by atoms with Crippen LogP contribution in [0.3, 0.4) is 0 Å². The van der Waals surface area contributed by atoms with E-state index in [1.807, 2.05) is 34.6 Å². The Morgan fingerprint density at radius 2 is 1.96 bits per heavy atom. The van der Waals surface area contributed by atoms with Gasteiger partial charge in [0.15, 0.2) is 5.65 Å². The highest BCUT2D eigenvalue weighted by molar-refractivity contribution is 6.05. The molecule has 7 nitrogen and oxygen atoms in total. The molecule has 2 rings (SSSR count). The Morgan fingerprint density at radius 3 is 2.52 bits per heavy atom. The van der Waals surface area contributed by atoms with Crippen molar-refractivity contribution in [2.24, 2.45) is 5.92 Å². The van der Waals surface area contributed by atoms with Crippen molar-refractivity contribution in [3.05, 3.63) is 38.2 Å². The molecule has 0 bridgehead atoms. The Hall–Kier alpha value is -2.44. The lowest BCUT2D eigenvalue weighted by Crippen LogP contribution is -2.34. The number of aryl methyl sites for hydroxylation is 1. The quantitative estimate of drug-likeness (QED) is 0.836. The minimum absolute atomic E-state index is 0.0607. The Bertz CT molecular complexity index is 894. The van der Waals surface area contributed by atoms with Gasteiger partial charge in [-0.05, 0) is 24.3 Å². The zero-order chi connectivity index (χ0) is 18.7. The summed E-state index contributed by atoms with van der Waals surface area (Å²) < 4.78 is 1.43. The molecule has 0 atom stereocenters. The Balaban J connectivity index is 2.79. The molecule has 0 aromatic carbocycles. The number of nitrogens with one attached hydrogen (secondary N) is 2. The second-order valence-electron chi connectivity index (χ2n) is 6.96. The van der Waals surface area contributed by atoms with Gasteiger partial charge in [-0.3, -0.25) is 19.1 Å². The van der Waals surface area contributed by atoms with Gasteiger partial charge in [-0.15, -0.1) is 0 Å². The van der Waals surface area contributed by atoms with Crippen molar-refractivity contribution in [1.82, 2.24) is 19.9 Å². The number of aromatic amines is 1. The predicted molar refractivity (Wildman–Crippen MR) is 98.2 cm³/mol. The van der Waals surface area contributed by atoms with Crippen molar-refractivity contribution in [2.75, 3.05) is 6.54 Å².